The predicted octanol–water partition coefficient (Wildman–Crippen LogP) is 5.34. The number of aromatic nitrogens is 1. The number of carbonyl (C=O) groups excluding carboxylic acids is 3. The van der Waals surface area contributed by atoms with Crippen LogP contribution in [-0.4, -0.2) is 72.3 Å². The van der Waals surface area contributed by atoms with Crippen LogP contribution in [0.5, 0.6) is 0 Å². The second-order valence-corrected chi connectivity index (χ2v) is 13.5. The summed E-state index contributed by atoms with van der Waals surface area (Å²) in [5.74, 6) is 0.0200. The van der Waals surface area contributed by atoms with E-state index in [1.807, 2.05) is 23.1 Å². The topological polar surface area (TPSA) is 127 Å². The number of amides is 2. The molecule has 2 aliphatic carbocycles. The van der Waals surface area contributed by atoms with Crippen LogP contribution in [0, 0.1) is 23.7 Å². The maximum atomic E-state index is 14.0. The number of hydrogen-bond donors (Lipinski definition) is 3. The summed E-state index contributed by atoms with van der Waals surface area (Å²) >= 11 is 0. The molecule has 44 heavy (non-hydrogen) atoms. The van der Waals surface area contributed by atoms with Crippen LogP contribution in [0.1, 0.15) is 87.5 Å². The van der Waals surface area contributed by atoms with E-state index in [-0.39, 0.29) is 42.3 Å². The van der Waals surface area contributed by atoms with Gasteiger partial charge < -0.3 is 30.4 Å². The number of nitrogens with one attached hydrogen (secondary N) is 2. The van der Waals surface area contributed by atoms with Crippen molar-refractivity contribution in [2.45, 2.75) is 95.2 Å². The van der Waals surface area contributed by atoms with Crippen LogP contribution >= 0.6 is 0 Å². The van der Waals surface area contributed by atoms with Crippen molar-refractivity contribution in [1.29, 1.82) is 0 Å². The molecule has 2 aromatic rings. The Morgan fingerprint density at radius 1 is 1.02 bits per heavy atom. The summed E-state index contributed by atoms with van der Waals surface area (Å²) in [5, 5.41) is 3.92. The molecule has 2 saturated heterocycles. The molecule has 2 saturated carbocycles. The number of alkyl halides is 1. The first kappa shape index (κ1) is 31.0. The van der Waals surface area contributed by atoms with Gasteiger partial charge in [-0.1, -0.05) is 32.1 Å². The van der Waals surface area contributed by atoms with Gasteiger partial charge in [-0.15, -0.1) is 0 Å². The summed E-state index contributed by atoms with van der Waals surface area (Å²) in [6.07, 6.45) is 11.3. The highest BCUT2D eigenvalue weighted by atomic mass is 19.1. The van der Waals surface area contributed by atoms with Crippen molar-refractivity contribution in [3.05, 3.63) is 30.0 Å². The third-order valence-corrected chi connectivity index (χ3v) is 10.7. The summed E-state index contributed by atoms with van der Waals surface area (Å²) in [4.78, 5) is 45.6. The lowest BCUT2D eigenvalue weighted by atomic mass is 9.76. The fourth-order valence-electron chi connectivity index (χ4n) is 8.17. The van der Waals surface area contributed by atoms with Crippen LogP contribution in [-0.2, 0) is 19.1 Å². The molecule has 3 heterocycles. The monoisotopic (exact) mass is 610 g/mol. The highest BCUT2D eigenvalue weighted by molar-refractivity contribution is 6.01. The first-order valence-electron chi connectivity index (χ1n) is 16.8. The number of anilines is 1. The van der Waals surface area contributed by atoms with E-state index in [2.05, 4.69) is 10.3 Å². The number of aromatic amines is 1. The van der Waals surface area contributed by atoms with Gasteiger partial charge in [-0.05, 0) is 87.0 Å². The number of rotatable bonds is 9. The van der Waals surface area contributed by atoms with Gasteiger partial charge in [-0.2, -0.15) is 0 Å². The lowest BCUT2D eigenvalue weighted by Crippen LogP contribution is -2.50. The third-order valence-electron chi connectivity index (χ3n) is 10.7. The number of H-pyrrole nitrogens is 1. The van der Waals surface area contributed by atoms with E-state index in [1.54, 1.807) is 6.07 Å². The van der Waals surface area contributed by atoms with Crippen molar-refractivity contribution < 1.29 is 28.2 Å². The zero-order chi connectivity index (χ0) is 30.6. The van der Waals surface area contributed by atoms with Crippen LogP contribution in [0.2, 0.25) is 0 Å². The van der Waals surface area contributed by atoms with Crippen molar-refractivity contribution in [3.63, 3.8) is 0 Å². The van der Waals surface area contributed by atoms with E-state index in [1.165, 1.54) is 19.3 Å². The van der Waals surface area contributed by atoms with Gasteiger partial charge in [0, 0.05) is 41.7 Å². The van der Waals surface area contributed by atoms with E-state index < -0.39 is 24.7 Å². The maximum absolute atomic E-state index is 14.0. The SMILES string of the molecule is N[C@H](CF)[C@H]1CC[C@H](C(=O)N2CCC(C3CCCCC3)[C@H]2C(=O)Nc2ccc3[nH]c(C(=O)OCC4CCCO4)cc3c2)CC1. The highest BCUT2D eigenvalue weighted by Crippen LogP contribution is 2.41. The fraction of sp³-hybridized carbons (Fsp3) is 0.676. The number of nitrogens with zero attached hydrogens (tertiary/aromatic N) is 1. The maximum Gasteiger partial charge on any atom is 0.354 e. The van der Waals surface area contributed by atoms with E-state index >= 15 is 0 Å². The number of hydrogen-bond acceptors (Lipinski definition) is 6. The molecule has 0 spiro atoms. The van der Waals surface area contributed by atoms with E-state index in [0.717, 1.165) is 55.8 Å². The van der Waals surface area contributed by atoms with Crippen LogP contribution in [0.4, 0.5) is 10.1 Å². The van der Waals surface area contributed by atoms with Gasteiger partial charge in [0.2, 0.25) is 11.8 Å². The molecule has 9 nitrogen and oxygen atoms in total. The fourth-order valence-corrected chi connectivity index (χ4v) is 8.17. The summed E-state index contributed by atoms with van der Waals surface area (Å²) < 4.78 is 24.1. The van der Waals surface area contributed by atoms with Crippen molar-refractivity contribution in [2.24, 2.45) is 29.4 Å². The molecular weight excluding hydrogens is 563 g/mol. The Morgan fingerprint density at radius 3 is 2.55 bits per heavy atom. The highest BCUT2D eigenvalue weighted by Gasteiger charge is 2.47. The van der Waals surface area contributed by atoms with E-state index in [0.29, 0.717) is 43.3 Å². The lowest BCUT2D eigenvalue weighted by molar-refractivity contribution is -0.142. The summed E-state index contributed by atoms with van der Waals surface area (Å²) in [6, 6.07) is 6.29. The van der Waals surface area contributed by atoms with E-state index in [9.17, 15) is 18.8 Å². The minimum atomic E-state index is -0.531. The Bertz CT molecular complexity index is 1310. The number of carbonyl (C=O) groups is 3. The van der Waals surface area contributed by atoms with Gasteiger partial charge >= 0.3 is 5.97 Å². The Morgan fingerprint density at radius 2 is 1.82 bits per heavy atom. The molecule has 10 heteroatoms. The molecule has 0 radical (unpaired) electrons. The first-order chi connectivity index (χ1) is 21.4. The van der Waals surface area contributed by atoms with Gasteiger partial charge in [-0.3, -0.25) is 9.59 Å². The van der Waals surface area contributed by atoms with Gasteiger partial charge in [0.1, 0.15) is 25.0 Å². The largest absolute Gasteiger partial charge is 0.458 e. The van der Waals surface area contributed by atoms with Crippen molar-refractivity contribution in [3.8, 4) is 0 Å². The Kier molecular flexibility index (Phi) is 9.86. The molecule has 1 aromatic carbocycles. The molecule has 4 aliphatic rings. The zero-order valence-corrected chi connectivity index (χ0v) is 25.6. The van der Waals surface area contributed by atoms with Crippen LogP contribution in [0.15, 0.2) is 24.3 Å². The minimum absolute atomic E-state index is 0.0423. The molecule has 6 rings (SSSR count). The normalized spacial score (nSPS) is 28.7. The van der Waals surface area contributed by atoms with Crippen molar-refractivity contribution in [1.82, 2.24) is 9.88 Å². The Labute approximate surface area is 258 Å². The summed E-state index contributed by atoms with van der Waals surface area (Å²) in [5.41, 5.74) is 7.72. The van der Waals surface area contributed by atoms with Crippen molar-refractivity contribution >= 4 is 34.4 Å². The summed E-state index contributed by atoms with van der Waals surface area (Å²) in [7, 11) is 0. The Hall–Kier alpha value is -2.98. The van der Waals surface area contributed by atoms with Gasteiger partial charge in [0.05, 0.1) is 6.10 Å². The number of esters is 1. The molecule has 1 aromatic heterocycles. The Balaban J connectivity index is 1.15. The molecule has 2 unspecified atom stereocenters. The van der Waals surface area contributed by atoms with Gasteiger partial charge in [-0.25, -0.2) is 9.18 Å². The zero-order valence-electron chi connectivity index (χ0n) is 25.6. The van der Waals surface area contributed by atoms with Crippen molar-refractivity contribution in [2.75, 3.05) is 31.7 Å². The second-order valence-electron chi connectivity index (χ2n) is 13.5. The molecule has 0 bridgehead atoms. The average molecular weight is 611 g/mol. The number of ether oxygens (including phenoxy) is 2. The number of nitrogens with two attached hydrogens (primary N) is 1. The smallest absolute Gasteiger partial charge is 0.354 e. The third kappa shape index (κ3) is 6.81. The van der Waals surface area contributed by atoms with Crippen LogP contribution in [0.3, 0.4) is 0 Å². The van der Waals surface area contributed by atoms with Crippen LogP contribution in [0.25, 0.3) is 10.9 Å². The standard InChI is InChI=1S/C34H47FN4O5/c35-19-28(36)22-8-10-23(11-9-22)33(41)39-15-14-27(21-5-2-1-3-6-21)31(39)32(40)37-25-12-13-29-24(17-25)18-30(38-29)34(42)44-20-26-7-4-16-43-26/h12-13,17-18,21-23,26-28,31,38H,1-11,14-16,19-20,36H2,(H,37,40)/t22-,23-,26?,27?,28-,31+/m1/s1. The molecule has 2 amide bonds. The molecular formula is C34H47FN4O5. The molecule has 4 atom stereocenters. The molecule has 240 valence electrons. The number of likely N-dealkylation sites (tertiary alicyclic amines) is 1. The van der Waals surface area contributed by atoms with Crippen LogP contribution < -0.4 is 11.1 Å². The lowest BCUT2D eigenvalue weighted by Gasteiger charge is -2.36. The second kappa shape index (κ2) is 14.0. The van der Waals surface area contributed by atoms with E-state index in [4.69, 9.17) is 15.2 Å². The number of benzene rings is 1. The molecule has 2 aliphatic heterocycles. The van der Waals surface area contributed by atoms with Gasteiger partial charge in [0.15, 0.2) is 0 Å². The predicted molar refractivity (Wildman–Crippen MR) is 166 cm³/mol. The average Bonchev–Trinajstić information content (AvgIpc) is 3.83. The summed E-state index contributed by atoms with van der Waals surface area (Å²) in [6.45, 7) is 1.00. The quantitative estimate of drug-likeness (QED) is 0.329. The molecule has 4 fully saturated rings. The number of fused-ring (bicyclic) bond motifs is 1. The molecule has 4 N–H and O–H groups in total. The minimum Gasteiger partial charge on any atom is -0.458 e. The first-order valence-corrected chi connectivity index (χ1v) is 16.8. The number of halogens is 1. The van der Waals surface area contributed by atoms with Gasteiger partial charge in [0.25, 0.3) is 0 Å².